The van der Waals surface area contributed by atoms with Crippen molar-refractivity contribution in [3.8, 4) is 11.1 Å². The van der Waals surface area contributed by atoms with E-state index in [4.69, 9.17) is 16.6 Å². The van der Waals surface area contributed by atoms with Crippen molar-refractivity contribution in [2.75, 3.05) is 43.4 Å². The van der Waals surface area contributed by atoms with Crippen LogP contribution < -0.4 is 21.1 Å². The standard InChI is InChI=1S/C34H40ClN7O2/c1-4-31(43)37-26-9-12-28(13-10-26)42-32-24(20-29(33(42)44)23-5-7-25(35)8-6-23)21-36-34(39-32)38-27-11-14-30(22(2)19-27)41-17-15-40(3)16-18-41/h5-8,11,14,19-21,26,28H,4,9-10,12-13,15-18H2,1-3H3,(H,37,43)(H,36,38,39). The summed E-state index contributed by atoms with van der Waals surface area (Å²) in [6, 6.07) is 15.7. The van der Waals surface area contributed by atoms with Gasteiger partial charge in [0.2, 0.25) is 11.9 Å². The van der Waals surface area contributed by atoms with Crippen molar-refractivity contribution in [1.29, 1.82) is 0 Å². The van der Waals surface area contributed by atoms with Gasteiger partial charge in [0.05, 0.1) is 0 Å². The Morgan fingerprint density at radius 1 is 1.00 bits per heavy atom. The number of benzene rings is 2. The smallest absolute Gasteiger partial charge is 0.260 e. The van der Waals surface area contributed by atoms with E-state index in [0.717, 1.165) is 68.5 Å². The summed E-state index contributed by atoms with van der Waals surface area (Å²) in [5.41, 5.74) is 5.26. The van der Waals surface area contributed by atoms with Crippen LogP contribution in [0.15, 0.2) is 59.5 Å². The lowest BCUT2D eigenvalue weighted by atomic mass is 9.90. The molecule has 10 heteroatoms. The third-order valence-electron chi connectivity index (χ3n) is 8.97. The maximum atomic E-state index is 14.2. The number of fused-ring (bicyclic) bond motifs is 1. The molecule has 2 N–H and O–H groups in total. The van der Waals surface area contributed by atoms with E-state index >= 15 is 0 Å². The van der Waals surface area contributed by atoms with Crippen LogP contribution in [-0.2, 0) is 4.79 Å². The molecule has 2 fully saturated rings. The number of anilines is 3. The average molecular weight is 614 g/mol. The Hall–Kier alpha value is -3.95. The predicted octanol–water partition coefficient (Wildman–Crippen LogP) is 5.93. The highest BCUT2D eigenvalue weighted by Gasteiger charge is 2.27. The summed E-state index contributed by atoms with van der Waals surface area (Å²) < 4.78 is 1.85. The molecule has 0 bridgehead atoms. The quantitative estimate of drug-likeness (QED) is 0.267. The van der Waals surface area contributed by atoms with E-state index in [2.05, 4.69) is 57.6 Å². The minimum atomic E-state index is -0.0853. The number of piperazine rings is 1. The first-order valence-corrected chi connectivity index (χ1v) is 16.0. The van der Waals surface area contributed by atoms with Crippen LogP contribution in [0.5, 0.6) is 0 Å². The molecule has 3 heterocycles. The number of nitrogens with zero attached hydrogens (tertiary/aromatic N) is 5. The maximum absolute atomic E-state index is 14.2. The van der Waals surface area contributed by atoms with Gasteiger partial charge in [0.25, 0.3) is 5.56 Å². The van der Waals surface area contributed by atoms with Crippen molar-refractivity contribution in [1.82, 2.24) is 24.8 Å². The molecule has 44 heavy (non-hydrogen) atoms. The van der Waals surface area contributed by atoms with Gasteiger partial charge in [0.1, 0.15) is 5.65 Å². The number of aryl methyl sites for hydroxylation is 1. The second-order valence-corrected chi connectivity index (χ2v) is 12.5. The molecule has 1 aliphatic heterocycles. The number of carbonyl (C=O) groups excluding carboxylic acids is 1. The molecule has 1 aliphatic carbocycles. The van der Waals surface area contributed by atoms with Crippen LogP contribution in [0.25, 0.3) is 22.2 Å². The summed E-state index contributed by atoms with van der Waals surface area (Å²) in [6.45, 7) is 8.14. The number of aromatic nitrogens is 3. The molecular weight excluding hydrogens is 574 g/mol. The summed E-state index contributed by atoms with van der Waals surface area (Å²) in [7, 11) is 2.16. The van der Waals surface area contributed by atoms with Crippen LogP contribution in [0.2, 0.25) is 5.02 Å². The second-order valence-electron chi connectivity index (χ2n) is 12.1. The van der Waals surface area contributed by atoms with Crippen molar-refractivity contribution in [2.45, 2.75) is 58.0 Å². The Kier molecular flexibility index (Phi) is 8.86. The fourth-order valence-corrected chi connectivity index (χ4v) is 6.55. The highest BCUT2D eigenvalue weighted by atomic mass is 35.5. The first kappa shape index (κ1) is 30.1. The molecule has 2 aromatic heterocycles. The van der Waals surface area contributed by atoms with Crippen molar-refractivity contribution in [3.63, 3.8) is 0 Å². The van der Waals surface area contributed by atoms with E-state index in [9.17, 15) is 9.59 Å². The lowest BCUT2D eigenvalue weighted by Gasteiger charge is -2.35. The fraction of sp³-hybridized carbons (Fsp3) is 0.412. The first-order valence-electron chi connectivity index (χ1n) is 15.6. The van der Waals surface area contributed by atoms with Crippen LogP contribution in [0.3, 0.4) is 0 Å². The number of hydrogen-bond acceptors (Lipinski definition) is 7. The predicted molar refractivity (Wildman–Crippen MR) is 178 cm³/mol. The van der Waals surface area contributed by atoms with Gasteiger partial charge in [-0.3, -0.25) is 14.2 Å². The Morgan fingerprint density at radius 3 is 2.41 bits per heavy atom. The molecule has 4 aromatic rings. The van der Waals surface area contributed by atoms with E-state index in [1.54, 1.807) is 18.3 Å². The number of nitrogens with one attached hydrogen (secondary N) is 2. The molecule has 2 aromatic carbocycles. The zero-order valence-corrected chi connectivity index (χ0v) is 26.4. The zero-order chi connectivity index (χ0) is 30.8. The van der Waals surface area contributed by atoms with E-state index < -0.39 is 0 Å². The highest BCUT2D eigenvalue weighted by molar-refractivity contribution is 6.30. The SMILES string of the molecule is CCC(=O)NC1CCC(n2c(=O)c(-c3ccc(Cl)cc3)cc3cnc(Nc4ccc(N5CCN(C)CC5)c(C)c4)nc32)CC1. The van der Waals surface area contributed by atoms with E-state index in [0.29, 0.717) is 28.6 Å². The first-order chi connectivity index (χ1) is 21.3. The molecule has 2 aliphatic rings. The lowest BCUT2D eigenvalue weighted by Crippen LogP contribution is -2.44. The van der Waals surface area contributed by atoms with E-state index in [1.165, 1.54) is 11.3 Å². The molecule has 230 valence electrons. The van der Waals surface area contributed by atoms with Crippen molar-refractivity contribution < 1.29 is 4.79 Å². The minimum Gasteiger partial charge on any atom is -0.369 e. The topological polar surface area (TPSA) is 95.4 Å². The van der Waals surface area contributed by atoms with Crippen LogP contribution in [-0.4, -0.2) is 64.6 Å². The zero-order valence-electron chi connectivity index (χ0n) is 25.6. The molecule has 9 nitrogen and oxygen atoms in total. The molecular formula is C34H40ClN7O2. The van der Waals surface area contributed by atoms with Crippen LogP contribution in [0, 0.1) is 6.92 Å². The van der Waals surface area contributed by atoms with Crippen LogP contribution in [0.1, 0.15) is 50.6 Å². The Balaban J connectivity index is 1.33. The van der Waals surface area contributed by atoms with Gasteiger partial charge >= 0.3 is 0 Å². The number of likely N-dealkylation sites (N-methyl/N-ethyl adjacent to an activating group) is 1. The van der Waals surface area contributed by atoms with E-state index in [-0.39, 0.29) is 23.6 Å². The summed E-state index contributed by atoms with van der Waals surface area (Å²) in [6.07, 6.45) is 5.42. The van der Waals surface area contributed by atoms with Crippen molar-refractivity contribution in [2.24, 2.45) is 0 Å². The monoisotopic (exact) mass is 613 g/mol. The third kappa shape index (κ3) is 6.44. The molecule has 0 radical (unpaired) electrons. The van der Waals surface area contributed by atoms with Gasteiger partial charge < -0.3 is 20.4 Å². The molecule has 1 saturated carbocycles. The van der Waals surface area contributed by atoms with Gasteiger partial charge in [0, 0.05) is 78.2 Å². The maximum Gasteiger partial charge on any atom is 0.260 e. The van der Waals surface area contributed by atoms with Crippen molar-refractivity contribution in [3.05, 3.63) is 75.7 Å². The minimum absolute atomic E-state index is 0.0418. The summed E-state index contributed by atoms with van der Waals surface area (Å²) in [5, 5.41) is 7.92. The van der Waals surface area contributed by atoms with Gasteiger partial charge in [-0.15, -0.1) is 0 Å². The number of rotatable bonds is 7. The Bertz CT molecular complexity index is 1710. The van der Waals surface area contributed by atoms with Gasteiger partial charge in [-0.05, 0) is 87.2 Å². The molecule has 0 atom stereocenters. The highest BCUT2D eigenvalue weighted by Crippen LogP contribution is 2.32. The van der Waals surface area contributed by atoms with Crippen molar-refractivity contribution >= 4 is 45.9 Å². The van der Waals surface area contributed by atoms with Gasteiger partial charge in [-0.25, -0.2) is 4.98 Å². The molecule has 1 amide bonds. The van der Waals surface area contributed by atoms with Gasteiger partial charge in [0.15, 0.2) is 0 Å². The van der Waals surface area contributed by atoms with Crippen LogP contribution >= 0.6 is 11.6 Å². The number of carbonyl (C=O) groups is 1. The fourth-order valence-electron chi connectivity index (χ4n) is 6.43. The third-order valence-corrected chi connectivity index (χ3v) is 9.23. The van der Waals surface area contributed by atoms with E-state index in [1.807, 2.05) is 29.7 Å². The van der Waals surface area contributed by atoms with Gasteiger partial charge in [-0.1, -0.05) is 30.7 Å². The molecule has 0 unspecified atom stereocenters. The summed E-state index contributed by atoms with van der Waals surface area (Å²) >= 11 is 6.15. The average Bonchev–Trinajstić information content (AvgIpc) is 3.02. The summed E-state index contributed by atoms with van der Waals surface area (Å²) in [4.78, 5) is 40.5. The van der Waals surface area contributed by atoms with Gasteiger partial charge in [-0.2, -0.15) is 4.98 Å². The number of pyridine rings is 1. The molecule has 1 saturated heterocycles. The normalized spacial score (nSPS) is 19.2. The molecule has 6 rings (SSSR count). The van der Waals surface area contributed by atoms with Crippen LogP contribution in [0.4, 0.5) is 17.3 Å². The second kappa shape index (κ2) is 13.0. The number of amides is 1. The number of hydrogen-bond donors (Lipinski definition) is 2. The lowest BCUT2D eigenvalue weighted by molar-refractivity contribution is -0.121. The largest absolute Gasteiger partial charge is 0.369 e. The number of halogens is 1. The molecule has 0 spiro atoms. The summed E-state index contributed by atoms with van der Waals surface area (Å²) in [5.74, 6) is 0.511. The Labute approximate surface area is 263 Å². The Morgan fingerprint density at radius 2 is 1.73 bits per heavy atom.